The van der Waals surface area contributed by atoms with Crippen LogP contribution in [0.25, 0.3) is 0 Å². The molecule has 0 nitrogen and oxygen atoms in total. The maximum Gasteiger partial charge on any atom is -0.00775 e. The van der Waals surface area contributed by atoms with Gasteiger partial charge in [-0.3, -0.25) is 0 Å². The number of benzene rings is 1. The molecule has 17 heavy (non-hydrogen) atoms. The van der Waals surface area contributed by atoms with Crippen molar-refractivity contribution in [2.24, 2.45) is 5.41 Å². The minimum atomic E-state index is 0.416. The van der Waals surface area contributed by atoms with Crippen molar-refractivity contribution in [3.63, 3.8) is 0 Å². The van der Waals surface area contributed by atoms with Crippen LogP contribution in [0, 0.1) is 5.41 Å². The van der Waals surface area contributed by atoms with Crippen LogP contribution in [0.2, 0.25) is 0 Å². The average Bonchev–Trinajstić information content (AvgIpc) is 2.39. The van der Waals surface area contributed by atoms with Gasteiger partial charge in [0.05, 0.1) is 0 Å². The van der Waals surface area contributed by atoms with Gasteiger partial charge in [0.25, 0.3) is 0 Å². The molecule has 0 heteroatoms. The molecule has 1 aliphatic carbocycles. The Bertz CT molecular complexity index is 386. The summed E-state index contributed by atoms with van der Waals surface area (Å²) in [6.07, 6.45) is 15.4. The standard InChI is InChI=1S/C17H22/c1-2-12-17(13-7-4-8-14-17)15-11-16-9-5-3-6-10-16/h3-10,13H,2,11-12,14-15H2,1H3. The van der Waals surface area contributed by atoms with Gasteiger partial charge < -0.3 is 0 Å². The largest absolute Gasteiger partial charge is 0.0837 e. The van der Waals surface area contributed by atoms with E-state index >= 15 is 0 Å². The summed E-state index contributed by atoms with van der Waals surface area (Å²) >= 11 is 0. The van der Waals surface area contributed by atoms with Crippen LogP contribution in [0.15, 0.2) is 54.6 Å². The second kappa shape index (κ2) is 5.86. The molecule has 1 aromatic rings. The van der Waals surface area contributed by atoms with Gasteiger partial charge in [-0.1, -0.05) is 68.0 Å². The molecule has 0 aliphatic heterocycles. The minimum absolute atomic E-state index is 0.416. The summed E-state index contributed by atoms with van der Waals surface area (Å²) in [6, 6.07) is 10.8. The molecule has 0 N–H and O–H groups in total. The Balaban J connectivity index is 1.99. The van der Waals surface area contributed by atoms with Crippen molar-refractivity contribution < 1.29 is 0 Å². The molecule has 1 unspecified atom stereocenters. The summed E-state index contributed by atoms with van der Waals surface area (Å²) in [7, 11) is 0. The first-order valence-electron chi connectivity index (χ1n) is 6.73. The van der Waals surface area contributed by atoms with Gasteiger partial charge in [-0.15, -0.1) is 0 Å². The fourth-order valence-corrected chi connectivity index (χ4v) is 2.74. The van der Waals surface area contributed by atoms with Gasteiger partial charge in [0.15, 0.2) is 0 Å². The third kappa shape index (κ3) is 3.33. The summed E-state index contributed by atoms with van der Waals surface area (Å²) in [6.45, 7) is 2.29. The summed E-state index contributed by atoms with van der Waals surface area (Å²) < 4.78 is 0. The van der Waals surface area contributed by atoms with Crippen LogP contribution in [0.1, 0.15) is 38.2 Å². The first kappa shape index (κ1) is 12.2. The predicted octanol–water partition coefficient (Wildman–Crippen LogP) is 4.92. The van der Waals surface area contributed by atoms with Crippen molar-refractivity contribution in [3.8, 4) is 0 Å². The lowest BCUT2D eigenvalue weighted by molar-refractivity contribution is 0.320. The van der Waals surface area contributed by atoms with Gasteiger partial charge in [0.2, 0.25) is 0 Å². The molecule has 0 aromatic heterocycles. The predicted molar refractivity (Wildman–Crippen MR) is 75.0 cm³/mol. The summed E-state index contributed by atoms with van der Waals surface area (Å²) in [5.74, 6) is 0. The molecule has 0 saturated carbocycles. The zero-order chi connectivity index (χ0) is 12.0. The number of allylic oxidation sites excluding steroid dienone is 4. The topological polar surface area (TPSA) is 0 Å². The Kier molecular flexibility index (Phi) is 4.19. The second-order valence-corrected chi connectivity index (χ2v) is 5.09. The SMILES string of the molecule is CCCC1(CCc2ccccc2)C=CC=CC1. The molecular weight excluding hydrogens is 204 g/mol. The highest BCUT2D eigenvalue weighted by Gasteiger charge is 2.25. The Morgan fingerprint density at radius 2 is 1.88 bits per heavy atom. The molecule has 0 amide bonds. The lowest BCUT2D eigenvalue weighted by Crippen LogP contribution is -2.19. The molecule has 1 aliphatic rings. The van der Waals surface area contributed by atoms with Crippen LogP contribution in [-0.4, -0.2) is 0 Å². The Hall–Kier alpha value is -1.30. The zero-order valence-corrected chi connectivity index (χ0v) is 10.7. The monoisotopic (exact) mass is 226 g/mol. The molecule has 1 atom stereocenters. The van der Waals surface area contributed by atoms with Crippen LogP contribution >= 0.6 is 0 Å². The number of rotatable bonds is 5. The van der Waals surface area contributed by atoms with E-state index in [9.17, 15) is 0 Å². The molecule has 0 saturated heterocycles. The van der Waals surface area contributed by atoms with E-state index in [4.69, 9.17) is 0 Å². The number of hydrogen-bond acceptors (Lipinski definition) is 0. The van der Waals surface area contributed by atoms with E-state index in [1.54, 1.807) is 0 Å². The maximum absolute atomic E-state index is 2.43. The van der Waals surface area contributed by atoms with E-state index in [0.29, 0.717) is 5.41 Å². The normalized spacial score (nSPS) is 22.9. The first-order valence-corrected chi connectivity index (χ1v) is 6.73. The fourth-order valence-electron chi connectivity index (χ4n) is 2.74. The van der Waals surface area contributed by atoms with Crippen LogP contribution in [0.4, 0.5) is 0 Å². The van der Waals surface area contributed by atoms with Crippen molar-refractivity contribution in [2.75, 3.05) is 0 Å². The van der Waals surface area contributed by atoms with E-state index in [1.807, 2.05) is 0 Å². The first-order chi connectivity index (χ1) is 8.35. The third-order valence-electron chi connectivity index (χ3n) is 3.72. The van der Waals surface area contributed by atoms with Crippen LogP contribution < -0.4 is 0 Å². The van der Waals surface area contributed by atoms with E-state index in [0.717, 1.165) is 0 Å². The highest BCUT2D eigenvalue weighted by molar-refractivity contribution is 5.19. The van der Waals surface area contributed by atoms with Gasteiger partial charge in [-0.2, -0.15) is 0 Å². The highest BCUT2D eigenvalue weighted by atomic mass is 14.3. The Morgan fingerprint density at radius 3 is 2.53 bits per heavy atom. The maximum atomic E-state index is 2.43. The molecular formula is C17H22. The van der Waals surface area contributed by atoms with Gasteiger partial charge >= 0.3 is 0 Å². The number of hydrogen-bond donors (Lipinski definition) is 0. The molecule has 0 radical (unpaired) electrons. The lowest BCUT2D eigenvalue weighted by Gasteiger charge is -2.31. The van der Waals surface area contributed by atoms with E-state index in [2.05, 4.69) is 61.6 Å². The zero-order valence-electron chi connectivity index (χ0n) is 10.7. The van der Waals surface area contributed by atoms with Crippen molar-refractivity contribution in [2.45, 2.75) is 39.0 Å². The van der Waals surface area contributed by atoms with Gasteiger partial charge in [0, 0.05) is 0 Å². The molecule has 1 aromatic carbocycles. The van der Waals surface area contributed by atoms with Crippen LogP contribution in [-0.2, 0) is 6.42 Å². The van der Waals surface area contributed by atoms with Crippen molar-refractivity contribution in [1.82, 2.24) is 0 Å². The summed E-state index contributed by atoms with van der Waals surface area (Å²) in [5, 5.41) is 0. The molecule has 90 valence electrons. The minimum Gasteiger partial charge on any atom is -0.0837 e. The van der Waals surface area contributed by atoms with Crippen molar-refractivity contribution >= 4 is 0 Å². The number of aryl methyl sites for hydroxylation is 1. The van der Waals surface area contributed by atoms with Crippen LogP contribution in [0.3, 0.4) is 0 Å². The Morgan fingerprint density at radius 1 is 1.06 bits per heavy atom. The van der Waals surface area contributed by atoms with E-state index < -0.39 is 0 Å². The molecule has 0 bridgehead atoms. The van der Waals surface area contributed by atoms with Gasteiger partial charge in [-0.25, -0.2) is 0 Å². The Labute approximate surface area is 105 Å². The molecule has 2 rings (SSSR count). The molecule has 0 heterocycles. The molecule has 0 fully saturated rings. The van der Waals surface area contributed by atoms with E-state index in [-0.39, 0.29) is 0 Å². The lowest BCUT2D eigenvalue weighted by atomic mass is 9.74. The molecule has 0 spiro atoms. The quantitative estimate of drug-likeness (QED) is 0.668. The van der Waals surface area contributed by atoms with Gasteiger partial charge in [0.1, 0.15) is 0 Å². The highest BCUT2D eigenvalue weighted by Crippen LogP contribution is 2.37. The smallest absolute Gasteiger partial charge is 0.00775 e. The third-order valence-corrected chi connectivity index (χ3v) is 3.72. The summed E-state index contributed by atoms with van der Waals surface area (Å²) in [5.41, 5.74) is 1.88. The van der Waals surface area contributed by atoms with E-state index in [1.165, 1.54) is 37.7 Å². The average molecular weight is 226 g/mol. The summed E-state index contributed by atoms with van der Waals surface area (Å²) in [4.78, 5) is 0. The second-order valence-electron chi connectivity index (χ2n) is 5.09. The fraction of sp³-hybridized carbons (Fsp3) is 0.412. The van der Waals surface area contributed by atoms with Crippen LogP contribution in [0.5, 0.6) is 0 Å². The van der Waals surface area contributed by atoms with Crippen molar-refractivity contribution in [3.05, 3.63) is 60.2 Å². The van der Waals surface area contributed by atoms with Gasteiger partial charge in [-0.05, 0) is 36.7 Å². The van der Waals surface area contributed by atoms with Crippen molar-refractivity contribution in [1.29, 1.82) is 0 Å².